The number of ether oxygens (including phenoxy) is 1. The van der Waals surface area contributed by atoms with Crippen LogP contribution in [0.5, 0.6) is 5.75 Å². The molecule has 5 heteroatoms. The van der Waals surface area contributed by atoms with Crippen molar-refractivity contribution in [3.8, 4) is 5.75 Å². The minimum absolute atomic E-state index is 0.0934. The van der Waals surface area contributed by atoms with Crippen molar-refractivity contribution >= 4 is 27.7 Å². The largest absolute Gasteiger partial charge is 0.492 e. The van der Waals surface area contributed by atoms with E-state index in [1.807, 2.05) is 24.3 Å². The molecule has 0 saturated carbocycles. The highest BCUT2D eigenvalue weighted by atomic mass is 79.9. The Kier molecular flexibility index (Phi) is 4.36. The second-order valence-electron chi connectivity index (χ2n) is 4.10. The molecule has 0 bridgehead atoms. The number of likely N-dealkylation sites (tertiary alicyclic amines) is 1. The summed E-state index contributed by atoms with van der Waals surface area (Å²) < 4.78 is 6.45. The van der Waals surface area contributed by atoms with Crippen LogP contribution in [-0.4, -0.2) is 29.9 Å². The van der Waals surface area contributed by atoms with E-state index in [0.717, 1.165) is 10.2 Å². The third kappa shape index (κ3) is 3.32. The lowest BCUT2D eigenvalue weighted by Crippen LogP contribution is -2.42. The summed E-state index contributed by atoms with van der Waals surface area (Å²) in [6.45, 7) is 0.651. The molecule has 0 aromatic heterocycles. The Bertz CT molecular complexity index is 445. The third-order valence-electron chi connectivity index (χ3n) is 2.76. The predicted octanol–water partition coefficient (Wildman–Crippen LogP) is 2.37. The third-order valence-corrected chi connectivity index (χ3v) is 3.26. The average Bonchev–Trinajstić information content (AvgIpc) is 2.33. The Morgan fingerprint density at radius 3 is 2.61 bits per heavy atom. The summed E-state index contributed by atoms with van der Waals surface area (Å²) in [6.07, 6.45) is 1.59. The summed E-state index contributed by atoms with van der Waals surface area (Å²) in [7, 11) is 0. The van der Waals surface area contributed by atoms with E-state index in [9.17, 15) is 9.59 Å². The minimum atomic E-state index is -0.0934. The number of hydrogen-bond donors (Lipinski definition) is 0. The highest BCUT2D eigenvalue weighted by molar-refractivity contribution is 9.10. The molecule has 4 nitrogen and oxygen atoms in total. The van der Waals surface area contributed by atoms with Crippen molar-refractivity contribution in [3.63, 3.8) is 0 Å². The molecule has 2 rings (SSSR count). The molecule has 1 aromatic rings. The van der Waals surface area contributed by atoms with Gasteiger partial charge in [-0.05, 0) is 24.6 Å². The topological polar surface area (TPSA) is 46.6 Å². The molecule has 2 amide bonds. The first kappa shape index (κ1) is 13.1. The number of piperidine rings is 1. The van der Waals surface area contributed by atoms with Crippen LogP contribution in [0.15, 0.2) is 28.7 Å². The molecule has 1 aliphatic heterocycles. The Morgan fingerprint density at radius 1 is 1.22 bits per heavy atom. The van der Waals surface area contributed by atoms with Gasteiger partial charge < -0.3 is 4.74 Å². The lowest BCUT2D eigenvalue weighted by molar-refractivity contribution is -0.148. The van der Waals surface area contributed by atoms with E-state index in [-0.39, 0.29) is 11.8 Å². The van der Waals surface area contributed by atoms with E-state index in [1.165, 1.54) is 4.90 Å². The quantitative estimate of drug-likeness (QED) is 0.802. The predicted molar refractivity (Wildman–Crippen MR) is 70.2 cm³/mol. The molecule has 0 unspecified atom stereocenters. The lowest BCUT2D eigenvalue weighted by atomic mass is 10.1. The van der Waals surface area contributed by atoms with Gasteiger partial charge in [-0.3, -0.25) is 14.5 Å². The molecule has 0 spiro atoms. The molecule has 0 aliphatic carbocycles. The van der Waals surface area contributed by atoms with E-state index >= 15 is 0 Å². The lowest BCUT2D eigenvalue weighted by Gasteiger charge is -2.24. The van der Waals surface area contributed by atoms with Crippen LogP contribution in [0.3, 0.4) is 0 Å². The smallest absolute Gasteiger partial charge is 0.229 e. The monoisotopic (exact) mass is 311 g/mol. The van der Waals surface area contributed by atoms with Crippen molar-refractivity contribution in [2.24, 2.45) is 0 Å². The molecule has 0 N–H and O–H groups in total. The van der Waals surface area contributed by atoms with Gasteiger partial charge in [-0.2, -0.15) is 0 Å². The van der Waals surface area contributed by atoms with Gasteiger partial charge in [-0.15, -0.1) is 0 Å². The molecule has 0 radical (unpaired) electrons. The number of hydrogen-bond acceptors (Lipinski definition) is 3. The van der Waals surface area contributed by atoms with Gasteiger partial charge in [-0.1, -0.05) is 22.0 Å². The Hall–Kier alpha value is -1.36. The number of carbonyl (C=O) groups is 2. The highest BCUT2D eigenvalue weighted by Gasteiger charge is 2.25. The molecule has 1 heterocycles. The first-order valence-electron chi connectivity index (χ1n) is 5.88. The standard InChI is InChI=1S/C13H14BrNO3/c14-10-3-1-4-11(9-10)18-8-7-15-12(16)5-2-6-13(15)17/h1,3-4,9H,2,5-8H2. The molecular weight excluding hydrogens is 298 g/mol. The number of imide groups is 1. The van der Waals surface area contributed by atoms with Gasteiger partial charge in [-0.25, -0.2) is 0 Å². The maximum absolute atomic E-state index is 11.5. The van der Waals surface area contributed by atoms with E-state index < -0.39 is 0 Å². The summed E-state index contributed by atoms with van der Waals surface area (Å²) in [5, 5.41) is 0. The van der Waals surface area contributed by atoms with Crippen molar-refractivity contribution in [1.29, 1.82) is 0 Å². The summed E-state index contributed by atoms with van der Waals surface area (Å²) in [5.41, 5.74) is 0. The van der Waals surface area contributed by atoms with Gasteiger partial charge in [0.15, 0.2) is 0 Å². The van der Waals surface area contributed by atoms with Gasteiger partial charge >= 0.3 is 0 Å². The molecule has 1 fully saturated rings. The minimum Gasteiger partial charge on any atom is -0.492 e. The molecule has 0 atom stereocenters. The first-order valence-corrected chi connectivity index (χ1v) is 6.67. The molecule has 96 valence electrons. The Labute approximate surface area is 114 Å². The van der Waals surface area contributed by atoms with Gasteiger partial charge in [0.05, 0.1) is 6.54 Å². The first-order chi connectivity index (χ1) is 8.66. The Morgan fingerprint density at radius 2 is 1.94 bits per heavy atom. The zero-order valence-electron chi connectivity index (χ0n) is 9.89. The number of rotatable bonds is 4. The van der Waals surface area contributed by atoms with Gasteiger partial charge in [0.25, 0.3) is 0 Å². The normalized spacial score (nSPS) is 15.9. The number of amides is 2. The van der Waals surface area contributed by atoms with E-state index in [4.69, 9.17) is 4.74 Å². The number of carbonyl (C=O) groups excluding carboxylic acids is 2. The Balaban J connectivity index is 1.84. The number of nitrogens with zero attached hydrogens (tertiary/aromatic N) is 1. The molecule has 1 saturated heterocycles. The molecule has 1 aromatic carbocycles. The summed E-state index contributed by atoms with van der Waals surface area (Å²) >= 11 is 3.35. The summed E-state index contributed by atoms with van der Waals surface area (Å²) in [6, 6.07) is 7.46. The van der Waals surface area contributed by atoms with Crippen molar-refractivity contribution < 1.29 is 14.3 Å². The van der Waals surface area contributed by atoms with E-state index in [2.05, 4.69) is 15.9 Å². The van der Waals surface area contributed by atoms with Crippen LogP contribution in [-0.2, 0) is 9.59 Å². The van der Waals surface area contributed by atoms with Crippen LogP contribution < -0.4 is 4.74 Å². The van der Waals surface area contributed by atoms with Crippen LogP contribution in [0.2, 0.25) is 0 Å². The second-order valence-corrected chi connectivity index (χ2v) is 5.01. The van der Waals surface area contributed by atoms with Gasteiger partial charge in [0.2, 0.25) is 11.8 Å². The SMILES string of the molecule is O=C1CCCC(=O)N1CCOc1cccc(Br)c1. The number of halogens is 1. The maximum atomic E-state index is 11.5. The molecular formula is C13H14BrNO3. The van der Waals surface area contributed by atoms with Gasteiger partial charge in [0, 0.05) is 17.3 Å². The summed E-state index contributed by atoms with van der Waals surface area (Å²) in [4.78, 5) is 24.4. The average molecular weight is 312 g/mol. The zero-order chi connectivity index (χ0) is 13.0. The van der Waals surface area contributed by atoms with Crippen LogP contribution >= 0.6 is 15.9 Å². The van der Waals surface area contributed by atoms with E-state index in [1.54, 1.807) is 0 Å². The fourth-order valence-corrected chi connectivity index (χ4v) is 2.24. The van der Waals surface area contributed by atoms with Crippen molar-refractivity contribution in [2.75, 3.05) is 13.2 Å². The van der Waals surface area contributed by atoms with Crippen LogP contribution in [0.25, 0.3) is 0 Å². The van der Waals surface area contributed by atoms with Crippen molar-refractivity contribution in [2.45, 2.75) is 19.3 Å². The summed E-state index contributed by atoms with van der Waals surface area (Å²) in [5.74, 6) is 0.537. The zero-order valence-corrected chi connectivity index (χ0v) is 11.5. The second kappa shape index (κ2) is 6.00. The van der Waals surface area contributed by atoms with Crippen LogP contribution in [0.1, 0.15) is 19.3 Å². The van der Waals surface area contributed by atoms with Crippen LogP contribution in [0.4, 0.5) is 0 Å². The van der Waals surface area contributed by atoms with Crippen molar-refractivity contribution in [1.82, 2.24) is 4.90 Å². The van der Waals surface area contributed by atoms with Gasteiger partial charge in [0.1, 0.15) is 12.4 Å². The fraction of sp³-hybridized carbons (Fsp3) is 0.385. The van der Waals surface area contributed by atoms with Crippen molar-refractivity contribution in [3.05, 3.63) is 28.7 Å². The van der Waals surface area contributed by atoms with E-state index in [0.29, 0.717) is 32.4 Å². The molecule has 1 aliphatic rings. The maximum Gasteiger partial charge on any atom is 0.229 e. The fourth-order valence-electron chi connectivity index (χ4n) is 1.86. The van der Waals surface area contributed by atoms with Crippen LogP contribution in [0, 0.1) is 0 Å². The molecule has 18 heavy (non-hydrogen) atoms. The highest BCUT2D eigenvalue weighted by Crippen LogP contribution is 2.18. The number of benzene rings is 1.